The fraction of sp³-hybridized carbons (Fsp3) is 1.00. The van der Waals surface area contributed by atoms with Crippen LogP contribution in [0.25, 0.3) is 0 Å². The third-order valence-corrected chi connectivity index (χ3v) is 4.49. The molecule has 0 bridgehead atoms. The summed E-state index contributed by atoms with van der Waals surface area (Å²) in [6.07, 6.45) is 1.28. The molecule has 2 rings (SSSR count). The smallest absolute Gasteiger partial charge is 0.0113 e. The summed E-state index contributed by atoms with van der Waals surface area (Å²) in [5, 5.41) is 0. The van der Waals surface area contributed by atoms with Gasteiger partial charge in [0.1, 0.15) is 0 Å². The molecule has 0 N–H and O–H groups in total. The highest BCUT2D eigenvalue weighted by Gasteiger charge is 2.24. The highest BCUT2D eigenvalue weighted by Crippen LogP contribution is 2.14. The molecule has 1 unspecified atom stereocenters. The Morgan fingerprint density at radius 2 is 1.47 bits per heavy atom. The monoisotopic (exact) mass is 269 g/mol. The Kier molecular flexibility index (Phi) is 7.96. The van der Waals surface area contributed by atoms with Gasteiger partial charge in [0, 0.05) is 58.4 Å². The molecule has 0 amide bonds. The molecule has 2 saturated heterocycles. The molecule has 2 fully saturated rings. The normalized spacial score (nSPS) is 24.5. The van der Waals surface area contributed by atoms with E-state index in [9.17, 15) is 0 Å². The molecule has 2 heterocycles. The van der Waals surface area contributed by atoms with Crippen molar-refractivity contribution in [1.82, 2.24) is 14.7 Å². The molecule has 2 aliphatic heterocycles. The topological polar surface area (TPSA) is 9.72 Å². The zero-order valence-corrected chi connectivity index (χ0v) is 13.9. The minimum atomic E-state index is 0.772. The number of rotatable bonds is 5. The Labute approximate surface area is 120 Å². The molecule has 0 aromatic heterocycles. The molecule has 3 heteroatoms. The van der Waals surface area contributed by atoms with Gasteiger partial charge in [-0.3, -0.25) is 9.80 Å². The summed E-state index contributed by atoms with van der Waals surface area (Å²) in [5.41, 5.74) is 0. The number of hydrogen-bond acceptors (Lipinski definition) is 3. The van der Waals surface area contributed by atoms with Crippen molar-refractivity contribution >= 4 is 0 Å². The third kappa shape index (κ3) is 5.41. The van der Waals surface area contributed by atoms with E-state index in [4.69, 9.17) is 0 Å². The molecule has 19 heavy (non-hydrogen) atoms. The second-order valence-corrected chi connectivity index (χ2v) is 6.00. The van der Waals surface area contributed by atoms with Crippen LogP contribution in [0.15, 0.2) is 0 Å². The molecular formula is C16H35N3. The lowest BCUT2D eigenvalue weighted by atomic mass is 10.0. The van der Waals surface area contributed by atoms with Crippen LogP contribution in [0, 0.1) is 5.92 Å². The lowest BCUT2D eigenvalue weighted by Gasteiger charge is -2.41. The Balaban J connectivity index is 0.000000861. The summed E-state index contributed by atoms with van der Waals surface area (Å²) >= 11 is 0. The minimum absolute atomic E-state index is 0.772. The molecule has 2 aliphatic rings. The predicted molar refractivity (Wildman–Crippen MR) is 84.7 cm³/mol. The van der Waals surface area contributed by atoms with Crippen molar-refractivity contribution in [3.63, 3.8) is 0 Å². The third-order valence-electron chi connectivity index (χ3n) is 4.49. The van der Waals surface area contributed by atoms with E-state index in [0.717, 1.165) is 12.0 Å². The molecule has 0 aromatic carbocycles. The van der Waals surface area contributed by atoms with E-state index in [1.54, 1.807) is 0 Å². The van der Waals surface area contributed by atoms with Crippen molar-refractivity contribution < 1.29 is 0 Å². The van der Waals surface area contributed by atoms with E-state index >= 15 is 0 Å². The lowest BCUT2D eigenvalue weighted by molar-refractivity contribution is 0.0657. The average molecular weight is 269 g/mol. The van der Waals surface area contributed by atoms with Gasteiger partial charge in [-0.15, -0.1) is 0 Å². The van der Waals surface area contributed by atoms with Gasteiger partial charge in [-0.2, -0.15) is 0 Å². The Hall–Kier alpha value is -0.120. The van der Waals surface area contributed by atoms with Gasteiger partial charge in [-0.05, 0) is 19.3 Å². The van der Waals surface area contributed by atoms with Crippen molar-refractivity contribution in [3.05, 3.63) is 0 Å². The zero-order valence-electron chi connectivity index (χ0n) is 13.9. The van der Waals surface area contributed by atoms with Gasteiger partial charge < -0.3 is 4.90 Å². The van der Waals surface area contributed by atoms with Crippen molar-refractivity contribution in [2.24, 2.45) is 5.92 Å². The summed E-state index contributed by atoms with van der Waals surface area (Å²) in [5.74, 6) is 0.942. The molecule has 114 valence electrons. The highest BCUT2D eigenvalue weighted by molar-refractivity contribution is 4.79. The van der Waals surface area contributed by atoms with Crippen LogP contribution in [0.2, 0.25) is 0 Å². The van der Waals surface area contributed by atoms with Gasteiger partial charge in [0.25, 0.3) is 0 Å². The molecule has 0 aromatic rings. The SMILES string of the molecule is CC.CCC(C)N1CCN(CCN2CC(C)C2)CC1. The Morgan fingerprint density at radius 1 is 0.947 bits per heavy atom. The van der Waals surface area contributed by atoms with E-state index in [2.05, 4.69) is 35.5 Å². The van der Waals surface area contributed by atoms with Gasteiger partial charge in [0.2, 0.25) is 0 Å². The molecule has 0 radical (unpaired) electrons. The van der Waals surface area contributed by atoms with Gasteiger partial charge in [0.05, 0.1) is 0 Å². The minimum Gasteiger partial charge on any atom is -0.301 e. The fourth-order valence-corrected chi connectivity index (χ4v) is 2.98. The zero-order chi connectivity index (χ0) is 14.3. The van der Waals surface area contributed by atoms with Gasteiger partial charge in [-0.1, -0.05) is 27.7 Å². The van der Waals surface area contributed by atoms with Crippen LogP contribution >= 0.6 is 0 Å². The second kappa shape index (κ2) is 8.93. The van der Waals surface area contributed by atoms with E-state index < -0.39 is 0 Å². The maximum atomic E-state index is 2.64. The van der Waals surface area contributed by atoms with Crippen LogP contribution in [0.1, 0.15) is 41.0 Å². The molecule has 0 aliphatic carbocycles. The molecular weight excluding hydrogens is 234 g/mol. The Morgan fingerprint density at radius 3 is 1.95 bits per heavy atom. The first kappa shape index (κ1) is 16.9. The molecule has 3 nitrogen and oxygen atoms in total. The van der Waals surface area contributed by atoms with Crippen LogP contribution in [0.4, 0.5) is 0 Å². The van der Waals surface area contributed by atoms with Gasteiger partial charge in [-0.25, -0.2) is 0 Å². The largest absolute Gasteiger partial charge is 0.301 e. The summed E-state index contributed by atoms with van der Waals surface area (Å²) in [6.45, 7) is 21.3. The highest BCUT2D eigenvalue weighted by atomic mass is 15.3. The standard InChI is InChI=1S/C14H29N3.C2H6/c1-4-14(3)17-9-7-15(8-10-17)5-6-16-11-13(2)12-16;1-2/h13-14H,4-12H2,1-3H3;1-2H3. The average Bonchev–Trinajstić information content (AvgIpc) is 2.44. The fourth-order valence-electron chi connectivity index (χ4n) is 2.98. The van der Waals surface area contributed by atoms with E-state index in [-0.39, 0.29) is 0 Å². The van der Waals surface area contributed by atoms with Gasteiger partial charge in [0.15, 0.2) is 0 Å². The van der Waals surface area contributed by atoms with Crippen molar-refractivity contribution in [2.45, 2.75) is 47.1 Å². The molecule has 1 atom stereocenters. The second-order valence-electron chi connectivity index (χ2n) is 6.00. The van der Waals surface area contributed by atoms with Crippen LogP contribution in [-0.4, -0.2) is 73.1 Å². The van der Waals surface area contributed by atoms with E-state index in [1.807, 2.05) is 13.8 Å². The summed E-state index contributed by atoms with van der Waals surface area (Å²) in [7, 11) is 0. The summed E-state index contributed by atoms with van der Waals surface area (Å²) < 4.78 is 0. The number of nitrogens with zero attached hydrogens (tertiary/aromatic N) is 3. The van der Waals surface area contributed by atoms with Crippen LogP contribution in [0.3, 0.4) is 0 Å². The van der Waals surface area contributed by atoms with E-state index in [0.29, 0.717) is 0 Å². The van der Waals surface area contributed by atoms with Crippen LogP contribution < -0.4 is 0 Å². The van der Waals surface area contributed by atoms with Crippen molar-refractivity contribution in [3.8, 4) is 0 Å². The summed E-state index contributed by atoms with van der Waals surface area (Å²) in [6, 6.07) is 0.772. The van der Waals surface area contributed by atoms with Crippen LogP contribution in [0.5, 0.6) is 0 Å². The summed E-state index contributed by atoms with van der Waals surface area (Å²) in [4.78, 5) is 7.87. The number of likely N-dealkylation sites (tertiary alicyclic amines) is 1. The maximum Gasteiger partial charge on any atom is 0.0113 e. The molecule has 0 saturated carbocycles. The first-order valence-electron chi connectivity index (χ1n) is 8.37. The first-order chi connectivity index (χ1) is 9.19. The lowest BCUT2D eigenvalue weighted by Crippen LogP contribution is -2.53. The molecule has 0 spiro atoms. The van der Waals surface area contributed by atoms with Crippen molar-refractivity contribution in [2.75, 3.05) is 52.4 Å². The van der Waals surface area contributed by atoms with Crippen molar-refractivity contribution in [1.29, 1.82) is 0 Å². The maximum absolute atomic E-state index is 2.64. The number of hydrogen-bond donors (Lipinski definition) is 0. The van der Waals surface area contributed by atoms with Gasteiger partial charge >= 0.3 is 0 Å². The van der Waals surface area contributed by atoms with E-state index in [1.165, 1.54) is 58.8 Å². The quantitative estimate of drug-likeness (QED) is 0.759. The predicted octanol–water partition coefficient (Wildman–Crippen LogP) is 2.38. The Bertz CT molecular complexity index is 218. The first-order valence-corrected chi connectivity index (χ1v) is 8.37. The number of piperazine rings is 1. The van der Waals surface area contributed by atoms with Crippen LogP contribution in [-0.2, 0) is 0 Å².